The van der Waals surface area contributed by atoms with Crippen molar-refractivity contribution < 1.29 is 14.4 Å². The standard InChI is InChI=1S/C39H27NO3/c41-25-28-16-19-34(31-10-4-1-5-11-31)37(22-28)40(38-23-29(26-42)17-20-35(38)32-12-6-2-7-13-32)39-24-30(27-43)18-21-36(39)33-14-8-3-9-15-33/h1-27H. The van der Waals surface area contributed by atoms with Crippen molar-refractivity contribution in [1.82, 2.24) is 0 Å². The summed E-state index contributed by atoms with van der Waals surface area (Å²) in [5.41, 5.74) is 9.23. The lowest BCUT2D eigenvalue weighted by molar-refractivity contribution is 0.111. The van der Waals surface area contributed by atoms with Crippen molar-refractivity contribution in [1.29, 1.82) is 0 Å². The molecule has 4 nitrogen and oxygen atoms in total. The van der Waals surface area contributed by atoms with Gasteiger partial charge in [-0.3, -0.25) is 14.4 Å². The summed E-state index contributed by atoms with van der Waals surface area (Å²) in [5, 5.41) is 0. The predicted molar refractivity (Wildman–Crippen MR) is 174 cm³/mol. The molecule has 0 aliphatic carbocycles. The fourth-order valence-electron chi connectivity index (χ4n) is 5.40. The van der Waals surface area contributed by atoms with E-state index in [1.165, 1.54) is 0 Å². The molecule has 0 radical (unpaired) electrons. The average molecular weight is 558 g/mol. The van der Waals surface area contributed by atoms with Crippen LogP contribution in [0.2, 0.25) is 0 Å². The molecule has 0 saturated heterocycles. The minimum absolute atomic E-state index is 0.500. The highest BCUT2D eigenvalue weighted by molar-refractivity contribution is 6.00. The van der Waals surface area contributed by atoms with Gasteiger partial charge in [0.05, 0.1) is 17.1 Å². The molecule has 0 aliphatic rings. The summed E-state index contributed by atoms with van der Waals surface area (Å²) < 4.78 is 0. The van der Waals surface area contributed by atoms with Gasteiger partial charge in [0.15, 0.2) is 0 Å². The molecule has 0 unspecified atom stereocenters. The fraction of sp³-hybridized carbons (Fsp3) is 0. The topological polar surface area (TPSA) is 54.5 Å². The average Bonchev–Trinajstić information content (AvgIpc) is 3.09. The van der Waals surface area contributed by atoms with Gasteiger partial charge in [0, 0.05) is 33.4 Å². The quantitative estimate of drug-likeness (QED) is 0.166. The second kappa shape index (κ2) is 12.3. The first-order chi connectivity index (χ1) is 21.2. The number of rotatable bonds is 9. The van der Waals surface area contributed by atoms with Gasteiger partial charge in [-0.25, -0.2) is 0 Å². The number of anilines is 3. The van der Waals surface area contributed by atoms with Crippen LogP contribution in [-0.2, 0) is 0 Å². The van der Waals surface area contributed by atoms with Gasteiger partial charge in [0.1, 0.15) is 18.9 Å². The summed E-state index contributed by atoms with van der Waals surface area (Å²) in [5.74, 6) is 0. The normalized spacial score (nSPS) is 10.6. The predicted octanol–water partition coefficient (Wildman–Crippen LogP) is 9.59. The van der Waals surface area contributed by atoms with Gasteiger partial charge in [-0.2, -0.15) is 0 Å². The van der Waals surface area contributed by atoms with Gasteiger partial charge in [-0.05, 0) is 34.9 Å². The van der Waals surface area contributed by atoms with Gasteiger partial charge >= 0.3 is 0 Å². The monoisotopic (exact) mass is 557 g/mol. The zero-order chi connectivity index (χ0) is 29.6. The molecule has 0 saturated carbocycles. The number of carbonyl (C=O) groups is 3. The Balaban J connectivity index is 1.77. The Bertz CT molecular complexity index is 1690. The van der Waals surface area contributed by atoms with Crippen LogP contribution in [0.15, 0.2) is 146 Å². The van der Waals surface area contributed by atoms with Crippen LogP contribution in [0, 0.1) is 0 Å². The van der Waals surface area contributed by atoms with Crippen LogP contribution in [-0.4, -0.2) is 18.9 Å². The molecule has 0 N–H and O–H groups in total. The smallest absolute Gasteiger partial charge is 0.150 e. The van der Waals surface area contributed by atoms with Crippen LogP contribution >= 0.6 is 0 Å². The molecule has 206 valence electrons. The second-order valence-electron chi connectivity index (χ2n) is 10.1. The number of aldehydes is 3. The molecular formula is C39H27NO3. The Morgan fingerprint density at radius 2 is 0.628 bits per heavy atom. The zero-order valence-corrected chi connectivity index (χ0v) is 23.3. The highest BCUT2D eigenvalue weighted by Gasteiger charge is 2.24. The third-order valence-electron chi connectivity index (χ3n) is 7.45. The van der Waals surface area contributed by atoms with E-state index in [2.05, 4.69) is 4.90 Å². The highest BCUT2D eigenvalue weighted by Crippen LogP contribution is 2.48. The molecule has 43 heavy (non-hydrogen) atoms. The van der Waals surface area contributed by atoms with Crippen molar-refractivity contribution in [3.8, 4) is 33.4 Å². The fourth-order valence-corrected chi connectivity index (χ4v) is 5.40. The third kappa shape index (κ3) is 5.54. The molecule has 0 spiro atoms. The van der Waals surface area contributed by atoms with Crippen LogP contribution in [0.3, 0.4) is 0 Å². The molecule has 6 aromatic carbocycles. The Morgan fingerprint density at radius 1 is 0.349 bits per heavy atom. The lowest BCUT2D eigenvalue weighted by Gasteiger charge is -2.32. The van der Waals surface area contributed by atoms with E-state index in [0.717, 1.165) is 69.3 Å². The first kappa shape index (κ1) is 27.3. The molecule has 4 heteroatoms. The van der Waals surface area contributed by atoms with E-state index < -0.39 is 0 Å². The van der Waals surface area contributed by atoms with Crippen molar-refractivity contribution in [2.45, 2.75) is 0 Å². The van der Waals surface area contributed by atoms with Gasteiger partial charge in [-0.1, -0.05) is 127 Å². The van der Waals surface area contributed by atoms with Crippen LogP contribution in [0.25, 0.3) is 33.4 Å². The minimum Gasteiger partial charge on any atom is -0.309 e. The van der Waals surface area contributed by atoms with Gasteiger partial charge in [0.2, 0.25) is 0 Å². The van der Waals surface area contributed by atoms with Gasteiger partial charge < -0.3 is 4.90 Å². The second-order valence-corrected chi connectivity index (χ2v) is 10.1. The van der Waals surface area contributed by atoms with Crippen molar-refractivity contribution in [3.05, 3.63) is 162 Å². The summed E-state index contributed by atoms with van der Waals surface area (Å²) in [6.07, 6.45) is 2.49. The molecule has 0 amide bonds. The number of nitrogens with zero attached hydrogens (tertiary/aromatic N) is 1. The molecule has 6 aromatic rings. The molecular weight excluding hydrogens is 530 g/mol. The molecule has 0 atom stereocenters. The van der Waals surface area contributed by atoms with E-state index >= 15 is 0 Å². The van der Waals surface area contributed by atoms with Gasteiger partial charge in [0.25, 0.3) is 0 Å². The number of carbonyl (C=O) groups excluding carboxylic acids is 3. The number of hydrogen-bond donors (Lipinski definition) is 0. The lowest BCUT2D eigenvalue weighted by Crippen LogP contribution is -2.15. The van der Waals surface area contributed by atoms with E-state index in [9.17, 15) is 14.4 Å². The molecule has 0 aliphatic heterocycles. The highest BCUT2D eigenvalue weighted by atomic mass is 16.1. The van der Waals surface area contributed by atoms with Crippen LogP contribution in [0.1, 0.15) is 31.1 Å². The maximum atomic E-state index is 12.2. The summed E-state index contributed by atoms with van der Waals surface area (Å²) >= 11 is 0. The Hall–Kier alpha value is -5.87. The molecule has 0 aromatic heterocycles. The van der Waals surface area contributed by atoms with Crippen LogP contribution in [0.5, 0.6) is 0 Å². The molecule has 6 rings (SSSR count). The van der Waals surface area contributed by atoms with Gasteiger partial charge in [-0.15, -0.1) is 0 Å². The maximum Gasteiger partial charge on any atom is 0.150 e. The zero-order valence-electron chi connectivity index (χ0n) is 23.3. The lowest BCUT2D eigenvalue weighted by atomic mass is 9.94. The Labute approximate surface area is 250 Å². The minimum atomic E-state index is 0.500. The first-order valence-corrected chi connectivity index (χ1v) is 13.9. The van der Waals surface area contributed by atoms with E-state index in [0.29, 0.717) is 16.7 Å². The largest absolute Gasteiger partial charge is 0.309 e. The van der Waals surface area contributed by atoms with Crippen molar-refractivity contribution >= 4 is 35.9 Å². The summed E-state index contributed by atoms with van der Waals surface area (Å²) in [4.78, 5) is 38.6. The summed E-state index contributed by atoms with van der Waals surface area (Å²) in [7, 11) is 0. The van der Waals surface area contributed by atoms with Crippen LogP contribution < -0.4 is 4.90 Å². The van der Waals surface area contributed by atoms with E-state index in [1.807, 2.05) is 127 Å². The number of benzene rings is 6. The Morgan fingerprint density at radius 3 is 0.884 bits per heavy atom. The van der Waals surface area contributed by atoms with Crippen molar-refractivity contribution in [3.63, 3.8) is 0 Å². The van der Waals surface area contributed by atoms with Crippen LogP contribution in [0.4, 0.5) is 17.1 Å². The SMILES string of the molecule is O=Cc1ccc(-c2ccccc2)c(N(c2cc(C=O)ccc2-c2ccccc2)c2cc(C=O)ccc2-c2ccccc2)c1. The van der Waals surface area contributed by atoms with Crippen molar-refractivity contribution in [2.75, 3.05) is 4.90 Å². The third-order valence-corrected chi connectivity index (χ3v) is 7.45. The molecule has 0 fully saturated rings. The molecule has 0 bridgehead atoms. The first-order valence-electron chi connectivity index (χ1n) is 13.9. The maximum absolute atomic E-state index is 12.2. The van der Waals surface area contributed by atoms with E-state index in [4.69, 9.17) is 0 Å². The summed E-state index contributed by atoms with van der Waals surface area (Å²) in [6, 6.07) is 46.7. The number of hydrogen-bond acceptors (Lipinski definition) is 4. The Kier molecular flexibility index (Phi) is 7.83. The summed E-state index contributed by atoms with van der Waals surface area (Å²) in [6.45, 7) is 0. The van der Waals surface area contributed by atoms with E-state index in [1.54, 1.807) is 18.2 Å². The molecule has 0 heterocycles. The van der Waals surface area contributed by atoms with E-state index in [-0.39, 0.29) is 0 Å². The van der Waals surface area contributed by atoms with Crippen molar-refractivity contribution in [2.24, 2.45) is 0 Å².